The van der Waals surface area contributed by atoms with E-state index >= 15 is 0 Å². The largest absolute Gasteiger partial charge is 0.444 e. The first-order chi connectivity index (χ1) is 15.0. The Morgan fingerprint density at radius 3 is 2.72 bits per heavy atom. The van der Waals surface area contributed by atoms with Gasteiger partial charge < -0.3 is 30.4 Å². The van der Waals surface area contributed by atoms with E-state index in [1.807, 2.05) is 13.0 Å². The topological polar surface area (TPSA) is 134 Å². The molecule has 172 valence electrons. The fraction of sp³-hybridized carbons (Fsp3) is 0.545. The molecule has 1 unspecified atom stereocenters. The summed E-state index contributed by atoms with van der Waals surface area (Å²) in [4.78, 5) is 44.8. The summed E-state index contributed by atoms with van der Waals surface area (Å²) < 4.78 is 10.6. The van der Waals surface area contributed by atoms with Crippen LogP contribution in [0.1, 0.15) is 55.4 Å². The number of hydrogen-bond donors (Lipinski definition) is 4. The molecule has 0 aliphatic carbocycles. The second kappa shape index (κ2) is 8.09. The molecule has 2 fully saturated rings. The van der Waals surface area contributed by atoms with Gasteiger partial charge in [-0.05, 0) is 51.8 Å². The molecule has 4 rings (SSSR count). The van der Waals surface area contributed by atoms with Crippen LogP contribution in [0.25, 0.3) is 11.0 Å². The molecule has 32 heavy (non-hydrogen) atoms. The lowest BCUT2D eigenvalue weighted by atomic mass is 9.81. The molecule has 0 saturated carbocycles. The van der Waals surface area contributed by atoms with Crippen molar-refractivity contribution in [2.75, 3.05) is 13.2 Å². The maximum atomic E-state index is 13.3. The maximum absolute atomic E-state index is 13.3. The van der Waals surface area contributed by atoms with Crippen molar-refractivity contribution < 1.29 is 23.9 Å². The molecule has 2 aliphatic rings. The van der Waals surface area contributed by atoms with Crippen LogP contribution in [0.15, 0.2) is 12.1 Å². The lowest BCUT2D eigenvalue weighted by molar-refractivity contribution is -0.143. The van der Waals surface area contributed by atoms with Gasteiger partial charge in [-0.1, -0.05) is 0 Å². The Labute approximate surface area is 185 Å². The number of nitrogens with zero attached hydrogens (tertiary/aromatic N) is 1. The molecule has 3 amide bonds. The zero-order valence-corrected chi connectivity index (χ0v) is 18.8. The highest BCUT2D eigenvalue weighted by atomic mass is 16.6. The third-order valence-corrected chi connectivity index (χ3v) is 5.59. The number of aromatic nitrogens is 2. The van der Waals surface area contributed by atoms with Crippen LogP contribution in [0.2, 0.25) is 0 Å². The highest BCUT2D eigenvalue weighted by molar-refractivity contribution is 6.05. The van der Waals surface area contributed by atoms with Crippen LogP contribution in [0, 0.1) is 6.92 Å². The molecule has 0 radical (unpaired) electrons. The van der Waals surface area contributed by atoms with Crippen LogP contribution in [0.5, 0.6) is 0 Å². The number of aryl methyl sites for hydroxylation is 1. The Morgan fingerprint density at radius 2 is 2.06 bits per heavy atom. The van der Waals surface area contributed by atoms with Crippen LogP contribution in [-0.4, -0.2) is 58.3 Å². The van der Waals surface area contributed by atoms with Gasteiger partial charge in [0.1, 0.15) is 22.5 Å². The van der Waals surface area contributed by atoms with E-state index in [4.69, 9.17) is 9.47 Å². The van der Waals surface area contributed by atoms with Crippen molar-refractivity contribution in [1.29, 1.82) is 0 Å². The summed E-state index contributed by atoms with van der Waals surface area (Å²) in [5, 5.41) is 8.77. The highest BCUT2D eigenvalue weighted by Gasteiger charge is 2.50. The van der Waals surface area contributed by atoms with Gasteiger partial charge in [-0.3, -0.25) is 9.59 Å². The molecule has 1 atom stereocenters. The fourth-order valence-electron chi connectivity index (χ4n) is 4.08. The Hall–Kier alpha value is -3.14. The molecule has 10 heteroatoms. The molecule has 2 saturated heterocycles. The van der Waals surface area contributed by atoms with Crippen LogP contribution in [0.4, 0.5) is 4.79 Å². The molecule has 0 bridgehead atoms. The van der Waals surface area contributed by atoms with Gasteiger partial charge in [-0.2, -0.15) is 0 Å². The van der Waals surface area contributed by atoms with E-state index in [-0.39, 0.29) is 24.4 Å². The van der Waals surface area contributed by atoms with E-state index in [9.17, 15) is 14.4 Å². The van der Waals surface area contributed by atoms with Crippen molar-refractivity contribution in [3.63, 3.8) is 0 Å². The third-order valence-electron chi connectivity index (χ3n) is 5.59. The molecule has 4 N–H and O–H groups in total. The minimum absolute atomic E-state index is 0.0284. The number of fused-ring (bicyclic) bond motifs is 1. The molecular formula is C22H29N5O5. The van der Waals surface area contributed by atoms with Crippen LogP contribution >= 0.6 is 0 Å². The molecule has 1 aromatic carbocycles. The molecule has 10 nitrogen and oxygen atoms in total. The van der Waals surface area contributed by atoms with Gasteiger partial charge in [-0.25, -0.2) is 9.78 Å². The first-order valence-electron chi connectivity index (χ1n) is 10.7. The predicted molar refractivity (Wildman–Crippen MR) is 116 cm³/mol. The van der Waals surface area contributed by atoms with E-state index < -0.39 is 17.2 Å². The number of hydrogen-bond acceptors (Lipinski definition) is 6. The monoisotopic (exact) mass is 443 g/mol. The SMILES string of the molecule is Cc1nc2c(C(=O)NC3CCC(=O)NC34COC4)cc(CNC(=O)OC(C)(C)C)cc2[nH]1. The third kappa shape index (κ3) is 4.55. The number of benzene rings is 1. The molecule has 1 spiro atoms. The van der Waals surface area contributed by atoms with Gasteiger partial charge in [-0.15, -0.1) is 0 Å². The Bertz CT molecular complexity index is 1070. The maximum Gasteiger partial charge on any atom is 0.407 e. The second-order valence-corrected chi connectivity index (χ2v) is 9.48. The van der Waals surface area contributed by atoms with E-state index in [0.29, 0.717) is 48.5 Å². The Kier molecular flexibility index (Phi) is 5.58. The van der Waals surface area contributed by atoms with E-state index in [2.05, 4.69) is 25.9 Å². The van der Waals surface area contributed by atoms with Gasteiger partial charge >= 0.3 is 6.09 Å². The van der Waals surface area contributed by atoms with Crippen LogP contribution in [0.3, 0.4) is 0 Å². The summed E-state index contributed by atoms with van der Waals surface area (Å²) in [7, 11) is 0. The number of nitrogens with one attached hydrogen (secondary N) is 4. The first-order valence-corrected chi connectivity index (χ1v) is 10.7. The second-order valence-electron chi connectivity index (χ2n) is 9.48. The number of amides is 3. The first kappa shape index (κ1) is 22.1. The van der Waals surface area contributed by atoms with E-state index in [0.717, 1.165) is 5.56 Å². The highest BCUT2D eigenvalue weighted by Crippen LogP contribution is 2.29. The van der Waals surface area contributed by atoms with Gasteiger partial charge in [0.25, 0.3) is 5.91 Å². The number of carbonyl (C=O) groups excluding carboxylic acids is 3. The summed E-state index contributed by atoms with van der Waals surface area (Å²) in [6.45, 7) is 8.14. The van der Waals surface area contributed by atoms with Crippen LogP contribution in [-0.2, 0) is 20.8 Å². The molecular weight excluding hydrogens is 414 g/mol. The summed E-state index contributed by atoms with van der Waals surface area (Å²) in [6, 6.07) is 3.34. The van der Waals surface area contributed by atoms with Gasteiger partial charge in [0.2, 0.25) is 5.91 Å². The summed E-state index contributed by atoms with van der Waals surface area (Å²) >= 11 is 0. The zero-order chi connectivity index (χ0) is 23.1. The fourth-order valence-corrected chi connectivity index (χ4v) is 4.08. The van der Waals surface area contributed by atoms with Crippen molar-refractivity contribution in [3.05, 3.63) is 29.1 Å². The number of ether oxygens (including phenoxy) is 2. The number of aromatic amines is 1. The summed E-state index contributed by atoms with van der Waals surface area (Å²) in [5.41, 5.74) is 1.24. The van der Waals surface area contributed by atoms with E-state index in [1.165, 1.54) is 0 Å². The minimum Gasteiger partial charge on any atom is -0.444 e. The summed E-state index contributed by atoms with van der Waals surface area (Å²) in [5.74, 6) is 0.368. The molecule has 1 aromatic heterocycles. The molecule has 2 aliphatic heterocycles. The van der Waals surface area contributed by atoms with Crippen molar-refractivity contribution in [2.24, 2.45) is 0 Å². The zero-order valence-electron chi connectivity index (χ0n) is 18.8. The predicted octanol–water partition coefficient (Wildman–Crippen LogP) is 1.67. The number of rotatable bonds is 4. The van der Waals surface area contributed by atoms with Gasteiger partial charge in [0.15, 0.2) is 0 Å². The standard InChI is InChI=1S/C22H29N5O5/c1-12-24-15-8-13(9-23-20(30)32-21(2,3)4)7-14(18(15)25-12)19(29)26-16-5-6-17(28)27-22(16)10-31-11-22/h7-8,16H,5-6,9-11H2,1-4H3,(H,23,30)(H,24,25)(H,26,29)(H,27,28). The van der Waals surface area contributed by atoms with Gasteiger partial charge in [0.05, 0.1) is 30.3 Å². The average molecular weight is 444 g/mol. The number of piperidine rings is 1. The summed E-state index contributed by atoms with van der Waals surface area (Å²) in [6.07, 6.45) is 0.363. The lowest BCUT2D eigenvalue weighted by Crippen LogP contribution is -2.74. The number of imidazole rings is 1. The minimum atomic E-state index is -0.601. The molecule has 3 heterocycles. The Morgan fingerprint density at radius 1 is 1.31 bits per heavy atom. The quantitative estimate of drug-likeness (QED) is 0.568. The normalized spacial score (nSPS) is 19.9. The van der Waals surface area contributed by atoms with E-state index in [1.54, 1.807) is 26.8 Å². The average Bonchev–Trinajstić information content (AvgIpc) is 3.04. The number of alkyl carbamates (subject to hydrolysis) is 1. The number of carbonyl (C=O) groups is 3. The van der Waals surface area contributed by atoms with Gasteiger partial charge in [0, 0.05) is 13.0 Å². The van der Waals surface area contributed by atoms with Crippen molar-refractivity contribution in [2.45, 2.75) is 64.3 Å². The lowest BCUT2D eigenvalue weighted by Gasteiger charge is -2.50. The smallest absolute Gasteiger partial charge is 0.407 e. The van der Waals surface area contributed by atoms with Crippen LogP contribution < -0.4 is 16.0 Å². The van der Waals surface area contributed by atoms with Crippen molar-refractivity contribution >= 4 is 28.9 Å². The molecule has 2 aromatic rings. The Balaban J connectivity index is 1.55. The van der Waals surface area contributed by atoms with Crippen molar-refractivity contribution in [3.8, 4) is 0 Å². The van der Waals surface area contributed by atoms with Crippen molar-refractivity contribution in [1.82, 2.24) is 25.9 Å². The number of H-pyrrole nitrogens is 1.